The molecule has 0 saturated carbocycles. The van der Waals surface area contributed by atoms with Crippen molar-refractivity contribution in [2.75, 3.05) is 10.6 Å². The molecule has 0 bridgehead atoms. The van der Waals surface area contributed by atoms with Gasteiger partial charge in [-0.05, 0) is 30.3 Å². The van der Waals surface area contributed by atoms with E-state index >= 15 is 0 Å². The smallest absolute Gasteiger partial charge is 0.308 e. The van der Waals surface area contributed by atoms with Gasteiger partial charge in [-0.2, -0.15) is 0 Å². The second-order valence-electron chi connectivity index (χ2n) is 3.24. The van der Waals surface area contributed by atoms with E-state index < -0.39 is 0 Å². The van der Waals surface area contributed by atoms with Gasteiger partial charge >= 0.3 is 6.03 Å². The molecule has 2 N–H and O–H groups in total. The molecule has 0 fully saturated rings. The molecular weight excluding hydrogens is 282 g/mol. The van der Waals surface area contributed by atoms with Crippen molar-refractivity contribution in [2.45, 2.75) is 0 Å². The Morgan fingerprint density at radius 1 is 1.18 bits per heavy atom. The Labute approximate surface area is 107 Å². The number of carbonyl (C=O) groups excluding carboxylic acids is 1. The van der Waals surface area contributed by atoms with Crippen LogP contribution in [0.3, 0.4) is 0 Å². The molecule has 85 valence electrons. The standard InChI is InChI=1S/C12H9BrN3O/c13-9-2-1-3-11(8-9)16-12(17)15-10-4-6-14-7-5-10/h1,3-8H,(H2,14,15,16,17). The fraction of sp³-hybridized carbons (Fsp3) is 0. The van der Waals surface area contributed by atoms with Crippen LogP contribution in [-0.2, 0) is 0 Å². The number of anilines is 2. The van der Waals surface area contributed by atoms with E-state index in [0.29, 0.717) is 11.4 Å². The minimum absolute atomic E-state index is 0.297. The summed E-state index contributed by atoms with van der Waals surface area (Å²) >= 11 is 3.28. The number of hydrogen-bond donors (Lipinski definition) is 2. The molecule has 0 unspecified atom stereocenters. The maximum Gasteiger partial charge on any atom is 0.323 e. The van der Waals surface area contributed by atoms with Crippen molar-refractivity contribution in [3.05, 3.63) is 53.3 Å². The highest BCUT2D eigenvalue weighted by molar-refractivity contribution is 9.10. The van der Waals surface area contributed by atoms with Crippen molar-refractivity contribution in [3.63, 3.8) is 0 Å². The molecule has 5 heteroatoms. The van der Waals surface area contributed by atoms with Gasteiger partial charge in [0, 0.05) is 28.2 Å². The molecule has 1 aromatic heterocycles. The number of nitrogens with one attached hydrogen (secondary N) is 2. The molecule has 0 aliphatic heterocycles. The fourth-order valence-corrected chi connectivity index (χ4v) is 1.62. The number of carbonyl (C=O) groups is 1. The van der Waals surface area contributed by atoms with Crippen LogP contribution in [0.2, 0.25) is 0 Å². The minimum Gasteiger partial charge on any atom is -0.308 e. The minimum atomic E-state index is -0.297. The van der Waals surface area contributed by atoms with E-state index in [9.17, 15) is 4.79 Å². The van der Waals surface area contributed by atoms with Crippen LogP contribution in [-0.4, -0.2) is 11.0 Å². The van der Waals surface area contributed by atoms with Gasteiger partial charge in [-0.1, -0.05) is 22.0 Å². The van der Waals surface area contributed by atoms with E-state index in [1.54, 1.807) is 42.7 Å². The lowest BCUT2D eigenvalue weighted by atomic mass is 10.3. The number of halogens is 1. The molecule has 2 aromatic rings. The van der Waals surface area contributed by atoms with Gasteiger partial charge in [0.05, 0.1) is 0 Å². The second kappa shape index (κ2) is 5.45. The molecule has 0 spiro atoms. The zero-order valence-electron chi connectivity index (χ0n) is 8.77. The molecule has 0 aliphatic carbocycles. The van der Waals surface area contributed by atoms with E-state index in [0.717, 1.165) is 4.47 Å². The van der Waals surface area contributed by atoms with E-state index in [1.807, 2.05) is 0 Å². The predicted molar refractivity (Wildman–Crippen MR) is 69.9 cm³/mol. The summed E-state index contributed by atoms with van der Waals surface area (Å²) in [6.45, 7) is 0. The number of urea groups is 1. The Morgan fingerprint density at radius 3 is 2.59 bits per heavy atom. The summed E-state index contributed by atoms with van der Waals surface area (Å²) in [5, 5.41) is 5.41. The molecule has 0 atom stereocenters. The predicted octanol–water partition coefficient (Wildman–Crippen LogP) is 3.29. The van der Waals surface area contributed by atoms with E-state index in [1.165, 1.54) is 0 Å². The second-order valence-corrected chi connectivity index (χ2v) is 4.09. The Bertz CT molecular complexity index is 516. The molecule has 1 aromatic carbocycles. The van der Waals surface area contributed by atoms with Crippen LogP contribution < -0.4 is 10.6 Å². The van der Waals surface area contributed by atoms with Crippen molar-refractivity contribution in [3.8, 4) is 0 Å². The SMILES string of the molecule is O=C(Nc1ccncc1)Nc1cc[c]c(Br)c1. The first kappa shape index (κ1) is 11.6. The highest BCUT2D eigenvalue weighted by Crippen LogP contribution is 2.15. The van der Waals surface area contributed by atoms with E-state index in [4.69, 9.17) is 0 Å². The first-order chi connectivity index (χ1) is 8.24. The third-order valence-electron chi connectivity index (χ3n) is 1.96. The number of rotatable bonds is 2. The van der Waals surface area contributed by atoms with Crippen LogP contribution >= 0.6 is 15.9 Å². The van der Waals surface area contributed by atoms with Gasteiger partial charge in [0.15, 0.2) is 0 Å². The van der Waals surface area contributed by atoms with Crippen molar-refractivity contribution >= 4 is 33.3 Å². The fourth-order valence-electron chi connectivity index (χ4n) is 1.24. The Morgan fingerprint density at radius 2 is 1.88 bits per heavy atom. The van der Waals surface area contributed by atoms with Gasteiger partial charge in [-0.15, -0.1) is 0 Å². The quantitative estimate of drug-likeness (QED) is 0.892. The largest absolute Gasteiger partial charge is 0.323 e. The van der Waals surface area contributed by atoms with Gasteiger partial charge in [-0.3, -0.25) is 4.98 Å². The van der Waals surface area contributed by atoms with Crippen LogP contribution in [0.25, 0.3) is 0 Å². The summed E-state index contributed by atoms with van der Waals surface area (Å²) in [5.41, 5.74) is 1.39. The summed E-state index contributed by atoms with van der Waals surface area (Å²) < 4.78 is 0.791. The summed E-state index contributed by atoms with van der Waals surface area (Å²) in [5.74, 6) is 0. The van der Waals surface area contributed by atoms with Crippen LogP contribution in [0.5, 0.6) is 0 Å². The van der Waals surface area contributed by atoms with Crippen molar-refractivity contribution < 1.29 is 4.79 Å². The van der Waals surface area contributed by atoms with Crippen LogP contribution in [0.1, 0.15) is 0 Å². The number of nitrogens with zero attached hydrogens (tertiary/aromatic N) is 1. The maximum atomic E-state index is 11.6. The summed E-state index contributed by atoms with van der Waals surface area (Å²) in [6, 6.07) is 11.3. The molecule has 17 heavy (non-hydrogen) atoms. The van der Waals surface area contributed by atoms with Crippen molar-refractivity contribution in [1.82, 2.24) is 4.98 Å². The number of aromatic nitrogens is 1. The summed E-state index contributed by atoms with van der Waals surface area (Å²) in [7, 11) is 0. The van der Waals surface area contributed by atoms with Crippen molar-refractivity contribution in [1.29, 1.82) is 0 Å². The molecule has 4 nitrogen and oxygen atoms in total. The summed E-state index contributed by atoms with van der Waals surface area (Å²) in [6.07, 6.45) is 3.23. The molecule has 0 aliphatic rings. The van der Waals surface area contributed by atoms with Gasteiger partial charge in [0.2, 0.25) is 0 Å². The zero-order chi connectivity index (χ0) is 12.1. The van der Waals surface area contributed by atoms with E-state index in [-0.39, 0.29) is 6.03 Å². The van der Waals surface area contributed by atoms with Crippen LogP contribution in [0.15, 0.2) is 47.2 Å². The van der Waals surface area contributed by atoms with Gasteiger partial charge in [0.1, 0.15) is 0 Å². The monoisotopic (exact) mass is 290 g/mol. The highest BCUT2D eigenvalue weighted by atomic mass is 79.9. The Kier molecular flexibility index (Phi) is 3.72. The van der Waals surface area contributed by atoms with Gasteiger partial charge in [-0.25, -0.2) is 4.79 Å². The van der Waals surface area contributed by atoms with Crippen molar-refractivity contribution in [2.24, 2.45) is 0 Å². The Hall–Kier alpha value is -1.88. The molecule has 0 saturated heterocycles. The van der Waals surface area contributed by atoms with E-state index in [2.05, 4.69) is 37.6 Å². The lowest BCUT2D eigenvalue weighted by Crippen LogP contribution is -2.19. The molecule has 2 rings (SSSR count). The highest BCUT2D eigenvalue weighted by Gasteiger charge is 2.02. The number of hydrogen-bond acceptors (Lipinski definition) is 2. The normalized spacial score (nSPS) is 9.71. The number of pyridine rings is 1. The molecule has 2 amide bonds. The topological polar surface area (TPSA) is 54.0 Å². The first-order valence-electron chi connectivity index (χ1n) is 4.89. The third kappa shape index (κ3) is 3.57. The first-order valence-corrected chi connectivity index (χ1v) is 5.68. The lowest BCUT2D eigenvalue weighted by Gasteiger charge is -2.07. The Balaban J connectivity index is 1.98. The molecule has 1 heterocycles. The molecular formula is C12H9BrN3O. The maximum absolute atomic E-state index is 11.6. The van der Waals surface area contributed by atoms with Crippen LogP contribution in [0, 0.1) is 6.07 Å². The molecule has 1 radical (unpaired) electrons. The number of amides is 2. The average molecular weight is 291 g/mol. The zero-order valence-corrected chi connectivity index (χ0v) is 10.4. The third-order valence-corrected chi connectivity index (χ3v) is 2.42. The summed E-state index contributed by atoms with van der Waals surface area (Å²) in [4.78, 5) is 15.5. The lowest BCUT2D eigenvalue weighted by molar-refractivity contribution is 0.262. The van der Waals surface area contributed by atoms with Gasteiger partial charge in [0.25, 0.3) is 0 Å². The number of benzene rings is 1. The van der Waals surface area contributed by atoms with Crippen LogP contribution in [0.4, 0.5) is 16.2 Å². The average Bonchev–Trinajstić information content (AvgIpc) is 2.30. The van der Waals surface area contributed by atoms with Gasteiger partial charge < -0.3 is 10.6 Å².